The number of nitrogens with one attached hydrogen (secondary N) is 1. The number of alkyl halides is 3. The molecule has 3 amide bonds. The number of nitrogens with zero attached hydrogens (tertiary/aromatic N) is 2. The molecule has 160 valence electrons. The molecular formula is C21H22F3N3O3. The van der Waals surface area contributed by atoms with E-state index in [9.17, 15) is 22.8 Å². The molecule has 0 spiro atoms. The zero-order valence-corrected chi connectivity index (χ0v) is 16.4. The Bertz CT molecular complexity index is 895. The van der Waals surface area contributed by atoms with Crippen molar-refractivity contribution in [2.24, 2.45) is 0 Å². The van der Waals surface area contributed by atoms with Gasteiger partial charge < -0.3 is 19.9 Å². The molecular weight excluding hydrogens is 399 g/mol. The van der Waals surface area contributed by atoms with Gasteiger partial charge in [0.15, 0.2) is 0 Å². The minimum atomic E-state index is -4.53. The average Bonchev–Trinajstić information content (AvgIpc) is 2.74. The molecule has 1 saturated heterocycles. The van der Waals surface area contributed by atoms with Gasteiger partial charge in [-0.1, -0.05) is 18.2 Å². The van der Waals surface area contributed by atoms with E-state index < -0.39 is 17.8 Å². The normalized spacial score (nSPS) is 14.4. The number of hydrogen-bond acceptors (Lipinski definition) is 3. The fourth-order valence-electron chi connectivity index (χ4n) is 3.16. The first-order valence-electron chi connectivity index (χ1n) is 9.54. The van der Waals surface area contributed by atoms with Gasteiger partial charge >= 0.3 is 12.2 Å². The van der Waals surface area contributed by atoms with Crippen LogP contribution in [0.5, 0.6) is 5.75 Å². The molecule has 0 atom stereocenters. The third-order valence-electron chi connectivity index (χ3n) is 4.72. The molecule has 1 aliphatic rings. The first-order valence-corrected chi connectivity index (χ1v) is 9.54. The topological polar surface area (TPSA) is 61.9 Å². The van der Waals surface area contributed by atoms with Crippen LogP contribution in [0.25, 0.3) is 0 Å². The average molecular weight is 421 g/mol. The van der Waals surface area contributed by atoms with Gasteiger partial charge in [0.1, 0.15) is 5.75 Å². The molecule has 1 fully saturated rings. The third-order valence-corrected chi connectivity index (χ3v) is 4.72. The summed E-state index contributed by atoms with van der Waals surface area (Å²) in [6, 6.07) is 11.3. The molecule has 1 N–H and O–H groups in total. The number of urea groups is 1. The number of benzene rings is 2. The lowest BCUT2D eigenvalue weighted by Gasteiger charge is -2.34. The molecule has 0 bridgehead atoms. The van der Waals surface area contributed by atoms with Gasteiger partial charge in [0, 0.05) is 31.7 Å². The predicted molar refractivity (Wildman–Crippen MR) is 106 cm³/mol. The first-order chi connectivity index (χ1) is 14.3. The number of carbonyl (C=O) groups is 2. The van der Waals surface area contributed by atoms with Crippen LogP contribution in [-0.4, -0.2) is 54.5 Å². The van der Waals surface area contributed by atoms with Crippen LogP contribution in [0, 0.1) is 0 Å². The Balaban J connectivity index is 1.65. The van der Waals surface area contributed by atoms with E-state index in [4.69, 9.17) is 4.74 Å². The summed E-state index contributed by atoms with van der Waals surface area (Å²) in [5.74, 6) is 0.0453. The number of ether oxygens (including phenoxy) is 1. The smallest absolute Gasteiger partial charge is 0.416 e. The number of halogens is 3. The zero-order chi connectivity index (χ0) is 21.7. The summed E-state index contributed by atoms with van der Waals surface area (Å²) in [6.45, 7) is 3.16. The summed E-state index contributed by atoms with van der Waals surface area (Å²) >= 11 is 0. The molecule has 0 aromatic heterocycles. The second kappa shape index (κ2) is 9.06. The second-order valence-electron chi connectivity index (χ2n) is 6.72. The maximum Gasteiger partial charge on any atom is 0.416 e. The lowest BCUT2D eigenvalue weighted by Crippen LogP contribution is -2.51. The Morgan fingerprint density at radius 1 is 1.00 bits per heavy atom. The number of amides is 3. The van der Waals surface area contributed by atoms with Gasteiger partial charge in [-0.2, -0.15) is 13.2 Å². The summed E-state index contributed by atoms with van der Waals surface area (Å²) in [4.78, 5) is 28.2. The van der Waals surface area contributed by atoms with Crippen molar-refractivity contribution >= 4 is 17.6 Å². The first kappa shape index (κ1) is 21.5. The number of carbonyl (C=O) groups excluding carboxylic acids is 2. The Kier molecular flexibility index (Phi) is 6.49. The number of hydrogen-bond donors (Lipinski definition) is 1. The standard InChI is InChI=1S/C21H22F3N3O3/c1-2-30-18-9-8-16(21(22,23)24)14-17(18)25-20(29)27-12-10-26(11-13-27)19(28)15-6-4-3-5-7-15/h3-9,14H,2,10-13H2,1H3,(H,25,29). The van der Waals surface area contributed by atoms with E-state index >= 15 is 0 Å². The molecule has 0 aliphatic carbocycles. The summed E-state index contributed by atoms with van der Waals surface area (Å²) in [6.07, 6.45) is -4.53. The predicted octanol–water partition coefficient (Wildman–Crippen LogP) is 4.09. The molecule has 9 heteroatoms. The van der Waals surface area contributed by atoms with E-state index in [2.05, 4.69) is 5.32 Å². The van der Waals surface area contributed by atoms with Crippen molar-refractivity contribution in [3.8, 4) is 5.75 Å². The van der Waals surface area contributed by atoms with E-state index in [1.165, 1.54) is 11.0 Å². The van der Waals surface area contributed by atoms with Crippen molar-refractivity contribution in [3.63, 3.8) is 0 Å². The van der Waals surface area contributed by atoms with Crippen LogP contribution in [0.15, 0.2) is 48.5 Å². The quantitative estimate of drug-likeness (QED) is 0.809. The Morgan fingerprint density at radius 2 is 1.63 bits per heavy atom. The zero-order valence-electron chi connectivity index (χ0n) is 16.4. The maximum absolute atomic E-state index is 13.0. The summed E-state index contributed by atoms with van der Waals surface area (Å²) < 4.78 is 44.4. The van der Waals surface area contributed by atoms with Crippen molar-refractivity contribution in [1.29, 1.82) is 0 Å². The van der Waals surface area contributed by atoms with E-state index in [1.807, 2.05) is 6.07 Å². The number of rotatable bonds is 4. The lowest BCUT2D eigenvalue weighted by atomic mass is 10.1. The molecule has 0 saturated carbocycles. The molecule has 1 heterocycles. The maximum atomic E-state index is 13.0. The van der Waals surface area contributed by atoms with Crippen LogP contribution < -0.4 is 10.1 Å². The summed E-state index contributed by atoms with van der Waals surface area (Å²) in [5, 5.41) is 2.51. The van der Waals surface area contributed by atoms with E-state index in [0.29, 0.717) is 18.7 Å². The van der Waals surface area contributed by atoms with Crippen molar-refractivity contribution in [2.75, 3.05) is 38.1 Å². The minimum absolute atomic E-state index is 0.0422. The molecule has 0 unspecified atom stereocenters. The van der Waals surface area contributed by atoms with Crippen molar-refractivity contribution in [3.05, 3.63) is 59.7 Å². The number of anilines is 1. The van der Waals surface area contributed by atoms with Gasteiger partial charge in [-0.05, 0) is 37.3 Å². The number of piperazine rings is 1. The highest BCUT2D eigenvalue weighted by Gasteiger charge is 2.32. The SMILES string of the molecule is CCOc1ccc(C(F)(F)F)cc1NC(=O)N1CCN(C(=O)c2ccccc2)CC1. The van der Waals surface area contributed by atoms with Gasteiger partial charge in [-0.15, -0.1) is 0 Å². The fraction of sp³-hybridized carbons (Fsp3) is 0.333. The van der Waals surface area contributed by atoms with Crippen LogP contribution in [0.2, 0.25) is 0 Å². The third kappa shape index (κ3) is 5.03. The van der Waals surface area contributed by atoms with E-state index in [-0.39, 0.29) is 37.0 Å². The molecule has 1 aliphatic heterocycles. The van der Waals surface area contributed by atoms with Crippen molar-refractivity contribution in [2.45, 2.75) is 13.1 Å². The Hall–Kier alpha value is -3.23. The summed E-state index contributed by atoms with van der Waals surface area (Å²) in [5.41, 5.74) is -0.347. The van der Waals surface area contributed by atoms with Gasteiger partial charge in [0.05, 0.1) is 17.9 Å². The molecule has 30 heavy (non-hydrogen) atoms. The monoisotopic (exact) mass is 421 g/mol. The largest absolute Gasteiger partial charge is 0.492 e. The fourth-order valence-corrected chi connectivity index (χ4v) is 3.16. The highest BCUT2D eigenvalue weighted by atomic mass is 19.4. The molecule has 0 radical (unpaired) electrons. The van der Waals surface area contributed by atoms with Gasteiger partial charge in [-0.25, -0.2) is 4.79 Å². The summed E-state index contributed by atoms with van der Waals surface area (Å²) in [7, 11) is 0. The van der Waals surface area contributed by atoms with Crippen LogP contribution >= 0.6 is 0 Å². The van der Waals surface area contributed by atoms with Gasteiger partial charge in [0.25, 0.3) is 5.91 Å². The van der Waals surface area contributed by atoms with E-state index in [1.54, 1.807) is 36.1 Å². The second-order valence-corrected chi connectivity index (χ2v) is 6.72. The van der Waals surface area contributed by atoms with Gasteiger partial charge in [0.2, 0.25) is 0 Å². The van der Waals surface area contributed by atoms with Gasteiger partial charge in [-0.3, -0.25) is 4.79 Å². The Labute approximate surface area is 172 Å². The van der Waals surface area contributed by atoms with Crippen molar-refractivity contribution < 1.29 is 27.5 Å². The lowest BCUT2D eigenvalue weighted by molar-refractivity contribution is -0.137. The molecule has 3 rings (SSSR count). The minimum Gasteiger partial charge on any atom is -0.492 e. The molecule has 2 aromatic rings. The molecule has 6 nitrogen and oxygen atoms in total. The van der Waals surface area contributed by atoms with Crippen LogP contribution in [0.4, 0.5) is 23.7 Å². The Morgan fingerprint density at radius 3 is 2.23 bits per heavy atom. The van der Waals surface area contributed by atoms with Crippen LogP contribution in [0.3, 0.4) is 0 Å². The highest BCUT2D eigenvalue weighted by molar-refractivity contribution is 5.95. The molecule has 2 aromatic carbocycles. The highest BCUT2D eigenvalue weighted by Crippen LogP contribution is 2.35. The van der Waals surface area contributed by atoms with Crippen LogP contribution in [-0.2, 0) is 6.18 Å². The van der Waals surface area contributed by atoms with Crippen molar-refractivity contribution in [1.82, 2.24) is 9.80 Å². The van der Waals surface area contributed by atoms with Crippen LogP contribution in [0.1, 0.15) is 22.8 Å². The van der Waals surface area contributed by atoms with E-state index in [0.717, 1.165) is 12.1 Å².